The second-order valence-electron chi connectivity index (χ2n) is 4.74. The fourth-order valence-corrected chi connectivity index (χ4v) is 2.15. The van der Waals surface area contributed by atoms with Gasteiger partial charge in [-0.05, 0) is 39.0 Å². The summed E-state index contributed by atoms with van der Waals surface area (Å²) >= 11 is 0. The van der Waals surface area contributed by atoms with E-state index in [0.717, 1.165) is 19.3 Å². The van der Waals surface area contributed by atoms with E-state index in [1.54, 1.807) is 7.11 Å². The second-order valence-corrected chi connectivity index (χ2v) is 4.74. The molecule has 0 N–H and O–H groups in total. The molecule has 0 aliphatic heterocycles. The van der Waals surface area contributed by atoms with Gasteiger partial charge in [0.25, 0.3) is 0 Å². The minimum atomic E-state index is -0.0562. The molecule has 0 amide bonds. The van der Waals surface area contributed by atoms with Gasteiger partial charge < -0.3 is 9.47 Å². The van der Waals surface area contributed by atoms with Crippen LogP contribution in [0.1, 0.15) is 40.0 Å². The summed E-state index contributed by atoms with van der Waals surface area (Å²) in [6.45, 7) is 5.90. The van der Waals surface area contributed by atoms with Crippen molar-refractivity contribution in [2.24, 2.45) is 11.8 Å². The Balaban J connectivity index is 2.53. The molecule has 3 heteroatoms. The predicted molar refractivity (Wildman–Crippen MR) is 58.5 cm³/mol. The first-order valence-corrected chi connectivity index (χ1v) is 5.77. The third kappa shape index (κ3) is 3.49. The Bertz CT molecular complexity index is 213. The van der Waals surface area contributed by atoms with E-state index in [0.29, 0.717) is 5.92 Å². The van der Waals surface area contributed by atoms with Gasteiger partial charge in [0, 0.05) is 7.11 Å². The van der Waals surface area contributed by atoms with Crippen LogP contribution < -0.4 is 0 Å². The third-order valence-electron chi connectivity index (χ3n) is 3.14. The van der Waals surface area contributed by atoms with Crippen molar-refractivity contribution in [3.05, 3.63) is 0 Å². The highest BCUT2D eigenvalue weighted by atomic mass is 16.5. The molecule has 0 saturated heterocycles. The van der Waals surface area contributed by atoms with Gasteiger partial charge >= 0.3 is 5.97 Å². The van der Waals surface area contributed by atoms with Gasteiger partial charge in [-0.2, -0.15) is 0 Å². The van der Waals surface area contributed by atoms with E-state index in [4.69, 9.17) is 9.47 Å². The summed E-state index contributed by atoms with van der Waals surface area (Å²) < 4.78 is 10.6. The quantitative estimate of drug-likeness (QED) is 0.677. The van der Waals surface area contributed by atoms with Gasteiger partial charge in [0.2, 0.25) is 0 Å². The molecule has 1 fully saturated rings. The maximum Gasteiger partial charge on any atom is 0.309 e. The summed E-state index contributed by atoms with van der Waals surface area (Å²) in [6, 6.07) is 0. The molecule has 0 spiro atoms. The van der Waals surface area contributed by atoms with Crippen LogP contribution in [0.25, 0.3) is 0 Å². The van der Waals surface area contributed by atoms with Gasteiger partial charge in [-0.15, -0.1) is 0 Å². The number of rotatable bonds is 3. The van der Waals surface area contributed by atoms with Crippen molar-refractivity contribution in [3.8, 4) is 0 Å². The molecular weight excluding hydrogens is 192 g/mol. The molecule has 3 atom stereocenters. The van der Waals surface area contributed by atoms with E-state index in [2.05, 4.69) is 6.92 Å². The van der Waals surface area contributed by atoms with Crippen molar-refractivity contribution in [1.29, 1.82) is 0 Å². The van der Waals surface area contributed by atoms with Gasteiger partial charge in [-0.1, -0.05) is 6.92 Å². The zero-order valence-electron chi connectivity index (χ0n) is 10.2. The first kappa shape index (κ1) is 12.5. The van der Waals surface area contributed by atoms with Crippen LogP contribution in [0.4, 0.5) is 0 Å². The molecule has 3 nitrogen and oxygen atoms in total. The fraction of sp³-hybridized carbons (Fsp3) is 0.917. The summed E-state index contributed by atoms with van der Waals surface area (Å²) in [5.41, 5.74) is 0. The topological polar surface area (TPSA) is 35.5 Å². The van der Waals surface area contributed by atoms with Crippen molar-refractivity contribution in [3.63, 3.8) is 0 Å². The molecule has 1 saturated carbocycles. The van der Waals surface area contributed by atoms with Crippen LogP contribution in [0.2, 0.25) is 0 Å². The largest absolute Gasteiger partial charge is 0.463 e. The van der Waals surface area contributed by atoms with Gasteiger partial charge in [-0.25, -0.2) is 0 Å². The lowest BCUT2D eigenvalue weighted by molar-refractivity contribution is -0.157. The minimum Gasteiger partial charge on any atom is -0.463 e. The Labute approximate surface area is 92.1 Å². The van der Waals surface area contributed by atoms with Crippen LogP contribution in [0.3, 0.4) is 0 Å². The second kappa shape index (κ2) is 5.50. The molecule has 0 heterocycles. The van der Waals surface area contributed by atoms with Crippen LogP contribution in [0, 0.1) is 11.8 Å². The van der Waals surface area contributed by atoms with Gasteiger partial charge in [0.1, 0.15) is 0 Å². The molecule has 0 aromatic rings. The third-order valence-corrected chi connectivity index (χ3v) is 3.14. The first-order chi connectivity index (χ1) is 7.04. The molecule has 1 aliphatic rings. The van der Waals surface area contributed by atoms with E-state index < -0.39 is 0 Å². The number of esters is 1. The smallest absolute Gasteiger partial charge is 0.309 e. The number of hydrogen-bond donors (Lipinski definition) is 0. The summed E-state index contributed by atoms with van der Waals surface area (Å²) in [4.78, 5) is 11.8. The standard InChI is InChI=1S/C12H22O3/c1-8(2)15-12(13)11-7-10(14-4)6-5-9(11)3/h8-11H,5-7H2,1-4H3/t9-,10-,11-/m1/s1. The highest BCUT2D eigenvalue weighted by Crippen LogP contribution is 2.32. The van der Waals surface area contributed by atoms with E-state index in [1.807, 2.05) is 13.8 Å². The molecular formula is C12H22O3. The van der Waals surface area contributed by atoms with Gasteiger partial charge in [-0.3, -0.25) is 4.79 Å². The highest BCUT2D eigenvalue weighted by Gasteiger charge is 2.34. The Morgan fingerprint density at radius 3 is 2.53 bits per heavy atom. The van der Waals surface area contributed by atoms with Crippen molar-refractivity contribution in [2.75, 3.05) is 7.11 Å². The molecule has 0 bridgehead atoms. The Kier molecular flexibility index (Phi) is 4.58. The van der Waals surface area contributed by atoms with Crippen molar-refractivity contribution in [2.45, 2.75) is 52.2 Å². The van der Waals surface area contributed by atoms with Crippen LogP contribution in [-0.4, -0.2) is 25.3 Å². The zero-order valence-corrected chi connectivity index (χ0v) is 10.2. The zero-order chi connectivity index (χ0) is 11.4. The lowest BCUT2D eigenvalue weighted by Crippen LogP contribution is -2.34. The van der Waals surface area contributed by atoms with Crippen LogP contribution in [0.5, 0.6) is 0 Å². The van der Waals surface area contributed by atoms with E-state index in [9.17, 15) is 4.79 Å². The normalized spacial score (nSPS) is 31.7. The predicted octanol–water partition coefficient (Wildman–Crippen LogP) is 2.39. The average Bonchev–Trinajstić information content (AvgIpc) is 2.17. The molecule has 0 aromatic carbocycles. The number of ether oxygens (including phenoxy) is 2. The van der Waals surface area contributed by atoms with Crippen LogP contribution in [0.15, 0.2) is 0 Å². The number of methoxy groups -OCH3 is 1. The Hall–Kier alpha value is -0.570. The lowest BCUT2D eigenvalue weighted by atomic mass is 9.79. The SMILES string of the molecule is CO[C@@H]1CC[C@@H](C)[C@H](C(=O)OC(C)C)C1. The van der Waals surface area contributed by atoms with Gasteiger partial charge in [0.05, 0.1) is 18.1 Å². The summed E-state index contributed by atoms with van der Waals surface area (Å²) in [7, 11) is 1.71. The molecule has 1 rings (SSSR count). The van der Waals surface area contributed by atoms with E-state index in [1.165, 1.54) is 0 Å². The summed E-state index contributed by atoms with van der Waals surface area (Å²) in [5, 5.41) is 0. The van der Waals surface area contributed by atoms with E-state index in [-0.39, 0.29) is 24.1 Å². The minimum absolute atomic E-state index is 0.0195. The molecule has 1 aliphatic carbocycles. The number of hydrogen-bond acceptors (Lipinski definition) is 3. The lowest BCUT2D eigenvalue weighted by Gasteiger charge is -2.32. The highest BCUT2D eigenvalue weighted by molar-refractivity contribution is 5.73. The van der Waals surface area contributed by atoms with Crippen molar-refractivity contribution >= 4 is 5.97 Å². The molecule has 15 heavy (non-hydrogen) atoms. The van der Waals surface area contributed by atoms with Gasteiger partial charge in [0.15, 0.2) is 0 Å². The van der Waals surface area contributed by atoms with E-state index >= 15 is 0 Å². The molecule has 0 radical (unpaired) electrons. The van der Waals surface area contributed by atoms with Crippen molar-refractivity contribution < 1.29 is 14.3 Å². The monoisotopic (exact) mass is 214 g/mol. The summed E-state index contributed by atoms with van der Waals surface area (Å²) in [6.07, 6.45) is 3.13. The molecule has 0 aromatic heterocycles. The number of carbonyl (C=O) groups is 1. The first-order valence-electron chi connectivity index (χ1n) is 5.77. The maximum absolute atomic E-state index is 11.8. The molecule has 88 valence electrons. The Morgan fingerprint density at radius 2 is 2.00 bits per heavy atom. The average molecular weight is 214 g/mol. The molecule has 0 unspecified atom stereocenters. The number of carbonyl (C=O) groups excluding carboxylic acids is 1. The summed E-state index contributed by atoms with van der Waals surface area (Å²) in [5.74, 6) is 0.382. The Morgan fingerprint density at radius 1 is 1.33 bits per heavy atom. The van der Waals surface area contributed by atoms with Crippen LogP contribution >= 0.6 is 0 Å². The maximum atomic E-state index is 11.8. The van der Waals surface area contributed by atoms with Crippen LogP contribution in [-0.2, 0) is 14.3 Å². The fourth-order valence-electron chi connectivity index (χ4n) is 2.15. The van der Waals surface area contributed by atoms with Crippen molar-refractivity contribution in [1.82, 2.24) is 0 Å².